The molecule has 4 nitrogen and oxygen atoms in total. The Bertz CT molecular complexity index is 463. The van der Waals surface area contributed by atoms with E-state index in [-0.39, 0.29) is 4.90 Å². The molecule has 0 unspecified atom stereocenters. The molecule has 17 heavy (non-hydrogen) atoms. The Balaban J connectivity index is 3.30. The molecule has 0 fully saturated rings. The first-order valence-corrected chi connectivity index (χ1v) is 7.24. The molecule has 0 saturated carbocycles. The number of hydrogen-bond acceptors (Lipinski definition) is 3. The lowest BCUT2D eigenvalue weighted by molar-refractivity contribution is 0.427. The van der Waals surface area contributed by atoms with Crippen LogP contribution in [0, 0.1) is 6.92 Å². The number of aryl methyl sites for hydroxylation is 1. The zero-order valence-corrected chi connectivity index (χ0v) is 11.4. The number of benzene rings is 1. The average Bonchev–Trinajstić information content (AvgIpc) is 2.24. The van der Waals surface area contributed by atoms with Crippen molar-refractivity contribution < 1.29 is 8.42 Å². The van der Waals surface area contributed by atoms with Crippen molar-refractivity contribution in [1.82, 2.24) is 4.31 Å². The number of rotatable bonds is 5. The first kappa shape index (κ1) is 14.0. The van der Waals surface area contributed by atoms with Crippen LogP contribution in [-0.2, 0) is 10.0 Å². The van der Waals surface area contributed by atoms with Gasteiger partial charge >= 0.3 is 0 Å². The summed E-state index contributed by atoms with van der Waals surface area (Å²) in [5, 5.41) is 0. The number of nitrogens with two attached hydrogens (primary N) is 1. The maximum Gasteiger partial charge on any atom is 0.245 e. The van der Waals surface area contributed by atoms with Gasteiger partial charge in [-0.05, 0) is 25.0 Å². The van der Waals surface area contributed by atoms with Gasteiger partial charge in [0.25, 0.3) is 0 Å². The maximum absolute atomic E-state index is 12.4. The highest BCUT2D eigenvalue weighted by molar-refractivity contribution is 7.89. The molecule has 0 bridgehead atoms. The lowest BCUT2D eigenvalue weighted by atomic mass is 10.2. The third kappa shape index (κ3) is 2.79. The van der Waals surface area contributed by atoms with E-state index in [1.807, 2.05) is 13.8 Å². The fourth-order valence-electron chi connectivity index (χ4n) is 1.85. The predicted octanol–water partition coefficient (Wildman–Crippen LogP) is 2.00. The van der Waals surface area contributed by atoms with Crippen LogP contribution in [-0.4, -0.2) is 25.8 Å². The van der Waals surface area contributed by atoms with Crippen molar-refractivity contribution in [3.63, 3.8) is 0 Å². The Hall–Kier alpha value is -1.07. The summed E-state index contributed by atoms with van der Waals surface area (Å²) >= 11 is 0. The summed E-state index contributed by atoms with van der Waals surface area (Å²) in [4.78, 5) is 0.246. The summed E-state index contributed by atoms with van der Waals surface area (Å²) in [5.74, 6) is 0. The van der Waals surface area contributed by atoms with Crippen molar-refractivity contribution in [2.75, 3.05) is 18.8 Å². The third-order valence-electron chi connectivity index (χ3n) is 2.67. The highest BCUT2D eigenvalue weighted by Gasteiger charge is 2.26. The van der Waals surface area contributed by atoms with Crippen molar-refractivity contribution in [2.45, 2.75) is 32.1 Å². The van der Waals surface area contributed by atoms with E-state index in [1.165, 1.54) is 4.31 Å². The van der Waals surface area contributed by atoms with Gasteiger partial charge in [-0.3, -0.25) is 0 Å². The van der Waals surface area contributed by atoms with E-state index < -0.39 is 10.0 Å². The van der Waals surface area contributed by atoms with Gasteiger partial charge in [0.05, 0.1) is 5.69 Å². The first-order valence-electron chi connectivity index (χ1n) is 5.80. The quantitative estimate of drug-likeness (QED) is 0.819. The number of anilines is 1. The van der Waals surface area contributed by atoms with Gasteiger partial charge < -0.3 is 5.73 Å². The van der Waals surface area contributed by atoms with E-state index in [2.05, 4.69) is 0 Å². The van der Waals surface area contributed by atoms with Crippen LogP contribution in [0.5, 0.6) is 0 Å². The van der Waals surface area contributed by atoms with Crippen molar-refractivity contribution in [3.05, 3.63) is 23.8 Å². The van der Waals surface area contributed by atoms with Gasteiger partial charge in [0, 0.05) is 13.1 Å². The SMILES string of the molecule is CCCN(CC)S(=O)(=O)c1c(C)cccc1N. The average molecular weight is 256 g/mol. The van der Waals surface area contributed by atoms with Gasteiger partial charge in [0.15, 0.2) is 0 Å². The lowest BCUT2D eigenvalue weighted by Gasteiger charge is -2.21. The second kappa shape index (κ2) is 5.51. The van der Waals surface area contributed by atoms with Crippen LogP contribution in [0.3, 0.4) is 0 Å². The van der Waals surface area contributed by atoms with Gasteiger partial charge in [-0.15, -0.1) is 0 Å². The minimum atomic E-state index is -3.47. The Kier molecular flexibility index (Phi) is 4.54. The summed E-state index contributed by atoms with van der Waals surface area (Å²) in [6, 6.07) is 5.16. The highest BCUT2D eigenvalue weighted by Crippen LogP contribution is 2.25. The van der Waals surface area contributed by atoms with Gasteiger partial charge in [0.2, 0.25) is 10.0 Å². The zero-order chi connectivity index (χ0) is 13.1. The molecule has 0 radical (unpaired) electrons. The summed E-state index contributed by atoms with van der Waals surface area (Å²) < 4.78 is 26.3. The first-order chi connectivity index (χ1) is 7.95. The largest absolute Gasteiger partial charge is 0.398 e. The van der Waals surface area contributed by atoms with Crippen LogP contribution >= 0.6 is 0 Å². The predicted molar refractivity (Wildman–Crippen MR) is 70.3 cm³/mol. The summed E-state index contributed by atoms with van der Waals surface area (Å²) in [5.41, 5.74) is 6.80. The molecule has 2 N–H and O–H groups in total. The van der Waals surface area contributed by atoms with Crippen LogP contribution in [0.2, 0.25) is 0 Å². The maximum atomic E-state index is 12.4. The molecular weight excluding hydrogens is 236 g/mol. The second-order valence-corrected chi connectivity index (χ2v) is 5.86. The number of hydrogen-bond donors (Lipinski definition) is 1. The molecule has 1 rings (SSSR count). The lowest BCUT2D eigenvalue weighted by Crippen LogP contribution is -2.32. The minimum Gasteiger partial charge on any atom is -0.398 e. The fraction of sp³-hybridized carbons (Fsp3) is 0.500. The van der Waals surface area contributed by atoms with E-state index in [0.717, 1.165) is 6.42 Å². The number of sulfonamides is 1. The van der Waals surface area contributed by atoms with Crippen LogP contribution in [0.1, 0.15) is 25.8 Å². The van der Waals surface area contributed by atoms with E-state index >= 15 is 0 Å². The number of nitrogen functional groups attached to an aromatic ring is 1. The molecule has 96 valence electrons. The van der Waals surface area contributed by atoms with Gasteiger partial charge in [-0.1, -0.05) is 26.0 Å². The molecule has 0 saturated heterocycles. The monoisotopic (exact) mass is 256 g/mol. The standard InChI is InChI=1S/C12H20N2O2S/c1-4-9-14(5-2)17(15,16)12-10(3)7-6-8-11(12)13/h6-8H,4-5,9,13H2,1-3H3. The summed E-state index contributed by atoms with van der Waals surface area (Å²) in [7, 11) is -3.47. The molecule has 0 aromatic heterocycles. The molecule has 0 spiro atoms. The van der Waals surface area contributed by atoms with E-state index in [0.29, 0.717) is 24.3 Å². The minimum absolute atomic E-state index is 0.246. The normalized spacial score (nSPS) is 12.0. The summed E-state index contributed by atoms with van der Waals surface area (Å²) in [6.45, 7) is 6.54. The van der Waals surface area contributed by atoms with Gasteiger partial charge in [-0.25, -0.2) is 8.42 Å². The van der Waals surface area contributed by atoms with Crippen LogP contribution in [0.4, 0.5) is 5.69 Å². The number of nitrogens with zero attached hydrogens (tertiary/aromatic N) is 1. The molecule has 1 aromatic carbocycles. The summed E-state index contributed by atoms with van der Waals surface area (Å²) in [6.07, 6.45) is 0.791. The Morgan fingerprint density at radius 3 is 2.41 bits per heavy atom. The van der Waals surface area contributed by atoms with Crippen LogP contribution in [0.25, 0.3) is 0 Å². The Labute approximate surface area is 103 Å². The van der Waals surface area contributed by atoms with E-state index in [4.69, 9.17) is 5.73 Å². The van der Waals surface area contributed by atoms with E-state index in [1.54, 1.807) is 25.1 Å². The van der Waals surface area contributed by atoms with Crippen molar-refractivity contribution in [3.8, 4) is 0 Å². The van der Waals surface area contributed by atoms with E-state index in [9.17, 15) is 8.42 Å². The molecular formula is C12H20N2O2S. The zero-order valence-electron chi connectivity index (χ0n) is 10.6. The molecule has 5 heteroatoms. The van der Waals surface area contributed by atoms with Crippen LogP contribution < -0.4 is 5.73 Å². The molecule has 1 aromatic rings. The van der Waals surface area contributed by atoms with Crippen LogP contribution in [0.15, 0.2) is 23.1 Å². The molecule has 0 aliphatic heterocycles. The van der Waals surface area contributed by atoms with Gasteiger partial charge in [-0.2, -0.15) is 4.31 Å². The smallest absolute Gasteiger partial charge is 0.245 e. The highest BCUT2D eigenvalue weighted by atomic mass is 32.2. The topological polar surface area (TPSA) is 63.4 Å². The molecule has 0 heterocycles. The Morgan fingerprint density at radius 1 is 1.29 bits per heavy atom. The molecule has 0 atom stereocenters. The van der Waals surface area contributed by atoms with Gasteiger partial charge in [0.1, 0.15) is 4.90 Å². The second-order valence-electron chi connectivity index (χ2n) is 3.99. The van der Waals surface area contributed by atoms with Crippen molar-refractivity contribution in [1.29, 1.82) is 0 Å². The van der Waals surface area contributed by atoms with Crippen molar-refractivity contribution >= 4 is 15.7 Å². The molecule has 0 amide bonds. The Morgan fingerprint density at radius 2 is 1.94 bits per heavy atom. The molecule has 0 aliphatic rings. The molecule has 0 aliphatic carbocycles. The van der Waals surface area contributed by atoms with Crippen molar-refractivity contribution in [2.24, 2.45) is 0 Å². The fourth-order valence-corrected chi connectivity index (χ4v) is 3.72. The third-order valence-corrected chi connectivity index (χ3v) is 4.86.